The zero-order valence-corrected chi connectivity index (χ0v) is 11.7. The molecule has 4 heteroatoms. The maximum atomic E-state index is 13.5. The molecule has 0 aliphatic rings. The second kappa shape index (κ2) is 5.17. The van der Waals surface area contributed by atoms with Crippen molar-refractivity contribution in [1.29, 1.82) is 0 Å². The van der Waals surface area contributed by atoms with E-state index in [0.717, 1.165) is 28.5 Å². The summed E-state index contributed by atoms with van der Waals surface area (Å²) in [5, 5.41) is 9.61. The molecule has 3 aromatic rings. The van der Waals surface area contributed by atoms with Crippen LogP contribution < -0.4 is 0 Å². The molecule has 20 heavy (non-hydrogen) atoms. The first kappa shape index (κ1) is 13.0. The minimum absolute atomic E-state index is 0.267. The Kier molecular flexibility index (Phi) is 3.36. The lowest BCUT2D eigenvalue weighted by molar-refractivity contribution is 0.628. The molecule has 0 saturated carbocycles. The SMILES string of the molecule is CCc1cc(Cl)c2ccnnc2c1-c1cccc(F)c1. The normalized spacial score (nSPS) is 10.9. The molecule has 3 rings (SSSR count). The van der Waals surface area contributed by atoms with Crippen LogP contribution in [0.4, 0.5) is 4.39 Å². The number of hydrogen-bond donors (Lipinski definition) is 0. The minimum Gasteiger partial charge on any atom is -0.207 e. The summed E-state index contributed by atoms with van der Waals surface area (Å²) < 4.78 is 13.5. The third-order valence-electron chi connectivity index (χ3n) is 3.33. The van der Waals surface area contributed by atoms with Crippen molar-refractivity contribution in [2.24, 2.45) is 0 Å². The highest BCUT2D eigenvalue weighted by molar-refractivity contribution is 6.36. The standard InChI is InChI=1S/C16H12ClFN2/c1-2-10-9-14(17)13-6-7-19-20-16(13)15(10)11-4-3-5-12(18)8-11/h3-9H,2H2,1H3. The van der Waals surface area contributed by atoms with Gasteiger partial charge in [-0.15, -0.1) is 5.10 Å². The first-order valence-corrected chi connectivity index (χ1v) is 6.77. The molecule has 1 heterocycles. The summed E-state index contributed by atoms with van der Waals surface area (Å²) in [6.07, 6.45) is 2.40. The molecule has 0 aliphatic carbocycles. The molecule has 0 fully saturated rings. The summed E-state index contributed by atoms with van der Waals surface area (Å²) in [5.41, 5.74) is 3.44. The minimum atomic E-state index is -0.267. The van der Waals surface area contributed by atoms with Gasteiger partial charge in [-0.1, -0.05) is 30.7 Å². The lowest BCUT2D eigenvalue weighted by Gasteiger charge is -2.12. The number of benzene rings is 2. The van der Waals surface area contributed by atoms with Gasteiger partial charge >= 0.3 is 0 Å². The Hall–Kier alpha value is -2.00. The molecular weight excluding hydrogens is 275 g/mol. The van der Waals surface area contributed by atoms with E-state index < -0.39 is 0 Å². The van der Waals surface area contributed by atoms with E-state index in [1.165, 1.54) is 12.1 Å². The Morgan fingerprint density at radius 3 is 2.80 bits per heavy atom. The third-order valence-corrected chi connectivity index (χ3v) is 3.64. The van der Waals surface area contributed by atoms with Crippen LogP contribution in [0.15, 0.2) is 42.6 Å². The van der Waals surface area contributed by atoms with Crippen LogP contribution in [0.2, 0.25) is 5.02 Å². The number of nitrogens with zero attached hydrogens (tertiary/aromatic N) is 2. The molecule has 0 N–H and O–H groups in total. The van der Waals surface area contributed by atoms with E-state index in [2.05, 4.69) is 10.2 Å². The van der Waals surface area contributed by atoms with Gasteiger partial charge in [0.1, 0.15) is 11.3 Å². The predicted octanol–water partition coefficient (Wildman–Crippen LogP) is 4.65. The number of aromatic nitrogens is 2. The van der Waals surface area contributed by atoms with Crippen molar-refractivity contribution >= 4 is 22.5 Å². The van der Waals surface area contributed by atoms with E-state index in [1.807, 2.05) is 25.1 Å². The van der Waals surface area contributed by atoms with E-state index in [0.29, 0.717) is 10.5 Å². The number of fused-ring (bicyclic) bond motifs is 1. The van der Waals surface area contributed by atoms with Crippen molar-refractivity contribution < 1.29 is 4.39 Å². The fourth-order valence-electron chi connectivity index (χ4n) is 2.41. The summed E-state index contributed by atoms with van der Waals surface area (Å²) in [5.74, 6) is -0.267. The second-order valence-electron chi connectivity index (χ2n) is 4.55. The predicted molar refractivity (Wildman–Crippen MR) is 79.3 cm³/mol. The van der Waals surface area contributed by atoms with E-state index in [-0.39, 0.29) is 5.82 Å². The van der Waals surface area contributed by atoms with Gasteiger partial charge in [-0.3, -0.25) is 0 Å². The molecule has 2 nitrogen and oxygen atoms in total. The average molecular weight is 287 g/mol. The van der Waals surface area contributed by atoms with Crippen molar-refractivity contribution in [3.63, 3.8) is 0 Å². The number of aryl methyl sites for hydroxylation is 1. The molecule has 2 aromatic carbocycles. The topological polar surface area (TPSA) is 25.8 Å². The van der Waals surface area contributed by atoms with Gasteiger partial charge in [-0.25, -0.2) is 4.39 Å². The highest BCUT2D eigenvalue weighted by Crippen LogP contribution is 2.35. The zero-order chi connectivity index (χ0) is 14.1. The van der Waals surface area contributed by atoms with Gasteiger partial charge in [-0.2, -0.15) is 5.10 Å². The molecule has 0 atom stereocenters. The van der Waals surface area contributed by atoms with Crippen molar-refractivity contribution in [3.8, 4) is 11.1 Å². The van der Waals surface area contributed by atoms with Crippen molar-refractivity contribution in [3.05, 3.63) is 59.0 Å². The first-order chi connectivity index (χ1) is 9.70. The maximum Gasteiger partial charge on any atom is 0.123 e. The van der Waals surface area contributed by atoms with E-state index in [1.54, 1.807) is 12.3 Å². The van der Waals surface area contributed by atoms with Gasteiger partial charge in [0.15, 0.2) is 0 Å². The molecule has 0 amide bonds. The van der Waals surface area contributed by atoms with Crippen LogP contribution in [0.5, 0.6) is 0 Å². The van der Waals surface area contributed by atoms with Gasteiger partial charge < -0.3 is 0 Å². The largest absolute Gasteiger partial charge is 0.207 e. The summed E-state index contributed by atoms with van der Waals surface area (Å²) >= 11 is 6.29. The lowest BCUT2D eigenvalue weighted by Crippen LogP contribution is -1.95. The summed E-state index contributed by atoms with van der Waals surface area (Å²) in [4.78, 5) is 0. The molecule has 100 valence electrons. The zero-order valence-electron chi connectivity index (χ0n) is 10.9. The molecule has 1 aromatic heterocycles. The van der Waals surface area contributed by atoms with Crippen LogP contribution in [0, 0.1) is 5.82 Å². The Morgan fingerprint density at radius 2 is 2.05 bits per heavy atom. The Morgan fingerprint density at radius 1 is 1.20 bits per heavy atom. The van der Waals surface area contributed by atoms with Gasteiger partial charge in [-0.05, 0) is 41.8 Å². The van der Waals surface area contributed by atoms with Crippen molar-refractivity contribution in [2.75, 3.05) is 0 Å². The smallest absolute Gasteiger partial charge is 0.123 e. The second-order valence-corrected chi connectivity index (χ2v) is 4.96. The Bertz CT molecular complexity index is 787. The summed E-state index contributed by atoms with van der Waals surface area (Å²) in [6, 6.07) is 10.3. The molecule has 0 spiro atoms. The van der Waals surface area contributed by atoms with Crippen LogP contribution >= 0.6 is 11.6 Å². The van der Waals surface area contributed by atoms with E-state index >= 15 is 0 Å². The van der Waals surface area contributed by atoms with E-state index in [4.69, 9.17) is 11.6 Å². The van der Waals surface area contributed by atoms with Crippen LogP contribution in [0.25, 0.3) is 22.0 Å². The van der Waals surface area contributed by atoms with Gasteiger partial charge in [0.2, 0.25) is 0 Å². The molecular formula is C16H12ClFN2. The molecule has 0 saturated heterocycles. The van der Waals surface area contributed by atoms with E-state index in [9.17, 15) is 4.39 Å². The maximum absolute atomic E-state index is 13.5. The number of rotatable bonds is 2. The number of halogens is 2. The van der Waals surface area contributed by atoms with Crippen LogP contribution in [-0.2, 0) is 6.42 Å². The monoisotopic (exact) mass is 286 g/mol. The molecule has 0 radical (unpaired) electrons. The summed E-state index contributed by atoms with van der Waals surface area (Å²) in [7, 11) is 0. The van der Waals surface area contributed by atoms with Crippen molar-refractivity contribution in [1.82, 2.24) is 10.2 Å². The highest BCUT2D eigenvalue weighted by Gasteiger charge is 2.14. The Labute approximate surface area is 121 Å². The van der Waals surface area contributed by atoms with Crippen molar-refractivity contribution in [2.45, 2.75) is 13.3 Å². The third kappa shape index (κ3) is 2.14. The number of hydrogen-bond acceptors (Lipinski definition) is 2. The van der Waals surface area contributed by atoms with Gasteiger partial charge in [0.05, 0.1) is 11.2 Å². The van der Waals surface area contributed by atoms with Crippen LogP contribution in [0.1, 0.15) is 12.5 Å². The summed E-state index contributed by atoms with van der Waals surface area (Å²) in [6.45, 7) is 2.04. The highest BCUT2D eigenvalue weighted by atomic mass is 35.5. The lowest BCUT2D eigenvalue weighted by atomic mass is 9.95. The first-order valence-electron chi connectivity index (χ1n) is 6.39. The Balaban J connectivity index is 2.41. The molecule has 0 aliphatic heterocycles. The molecule has 0 bridgehead atoms. The fraction of sp³-hybridized carbons (Fsp3) is 0.125. The average Bonchev–Trinajstić information content (AvgIpc) is 2.47. The quantitative estimate of drug-likeness (QED) is 0.685. The van der Waals surface area contributed by atoms with Crippen LogP contribution in [-0.4, -0.2) is 10.2 Å². The van der Waals surface area contributed by atoms with Gasteiger partial charge in [0, 0.05) is 10.9 Å². The van der Waals surface area contributed by atoms with Gasteiger partial charge in [0.25, 0.3) is 0 Å². The molecule has 0 unspecified atom stereocenters. The van der Waals surface area contributed by atoms with Crippen LogP contribution in [0.3, 0.4) is 0 Å². The fourth-order valence-corrected chi connectivity index (χ4v) is 2.69.